The van der Waals surface area contributed by atoms with Crippen LogP contribution in [0, 0.1) is 5.92 Å². The van der Waals surface area contributed by atoms with Crippen LogP contribution in [0.15, 0.2) is 42.5 Å². The van der Waals surface area contributed by atoms with Crippen LogP contribution >= 0.6 is 0 Å². The number of hydrogen-bond donors (Lipinski definition) is 3. The number of hydrogen-bond acceptors (Lipinski definition) is 5. The fourth-order valence-corrected chi connectivity index (χ4v) is 4.84. The van der Waals surface area contributed by atoms with Gasteiger partial charge in [0.05, 0.1) is 13.1 Å². The van der Waals surface area contributed by atoms with Gasteiger partial charge >= 0.3 is 0 Å². The summed E-state index contributed by atoms with van der Waals surface area (Å²) in [5.41, 5.74) is 6.30. The third-order valence-electron chi connectivity index (χ3n) is 5.96. The van der Waals surface area contributed by atoms with Crippen LogP contribution in [0.25, 0.3) is 10.8 Å². The number of benzene rings is 2. The van der Waals surface area contributed by atoms with E-state index in [1.54, 1.807) is 0 Å². The van der Waals surface area contributed by atoms with Crippen molar-refractivity contribution in [1.82, 2.24) is 14.5 Å². The predicted octanol–water partition coefficient (Wildman–Crippen LogP) is 1.04. The van der Waals surface area contributed by atoms with Crippen molar-refractivity contribution in [1.29, 1.82) is 0 Å². The minimum atomic E-state index is -2.88. The van der Waals surface area contributed by atoms with Crippen LogP contribution in [0.1, 0.15) is 31.4 Å². The lowest BCUT2D eigenvalue weighted by atomic mass is 9.93. The third-order valence-corrected chi connectivity index (χ3v) is 6.72. The number of carbonyl (C=O) groups excluding carboxylic acids is 2. The monoisotopic (exact) mass is 446 g/mol. The minimum Gasteiger partial charge on any atom is -0.368 e. The maximum atomic E-state index is 11.9. The number of likely N-dealkylation sites (tertiary alicyclic amines) is 1. The number of piperidine rings is 1. The molecule has 1 atom stereocenters. The summed E-state index contributed by atoms with van der Waals surface area (Å²) in [5, 5.41) is 4.82. The van der Waals surface area contributed by atoms with E-state index in [1.165, 1.54) is 16.3 Å². The standard InChI is InChI=1S/C22H30N4O4S/c1-16(19-8-4-6-18-5-2-3-7-20(18)19)25-11-9-17(10-12-25)14-26(31(29)30)15-22(28)24-13-21(23)27/h2-8,16-17,31H,9-15H2,1H3,(H2,23,27)(H,24,28). The number of fused-ring (bicyclic) bond motifs is 1. The van der Waals surface area contributed by atoms with E-state index in [1.807, 2.05) is 6.07 Å². The molecule has 0 aliphatic carbocycles. The van der Waals surface area contributed by atoms with Gasteiger partial charge in [-0.1, -0.05) is 42.5 Å². The Morgan fingerprint density at radius 1 is 1.16 bits per heavy atom. The second-order valence-corrected chi connectivity index (χ2v) is 9.09. The number of rotatable bonds is 9. The Hall–Kier alpha value is -2.49. The van der Waals surface area contributed by atoms with Gasteiger partial charge in [0.2, 0.25) is 22.7 Å². The van der Waals surface area contributed by atoms with E-state index in [-0.39, 0.29) is 25.0 Å². The summed E-state index contributed by atoms with van der Waals surface area (Å²) in [6.45, 7) is 3.66. The van der Waals surface area contributed by atoms with Crippen LogP contribution in [-0.2, 0) is 20.5 Å². The van der Waals surface area contributed by atoms with E-state index in [2.05, 4.69) is 53.5 Å². The van der Waals surface area contributed by atoms with E-state index in [9.17, 15) is 18.0 Å². The van der Waals surface area contributed by atoms with Gasteiger partial charge in [0, 0.05) is 12.6 Å². The van der Waals surface area contributed by atoms with Crippen LogP contribution < -0.4 is 11.1 Å². The van der Waals surface area contributed by atoms with Gasteiger partial charge < -0.3 is 11.1 Å². The molecule has 1 aliphatic heterocycles. The molecule has 0 spiro atoms. The van der Waals surface area contributed by atoms with Crippen molar-refractivity contribution in [2.45, 2.75) is 25.8 Å². The molecule has 0 aromatic heterocycles. The molecular formula is C22H30N4O4S. The number of primary amides is 1. The van der Waals surface area contributed by atoms with Gasteiger partial charge in [-0.15, -0.1) is 0 Å². The lowest BCUT2D eigenvalue weighted by molar-refractivity contribution is -0.125. The Morgan fingerprint density at radius 3 is 2.52 bits per heavy atom. The molecular weight excluding hydrogens is 416 g/mol. The van der Waals surface area contributed by atoms with Gasteiger partial charge in [0.1, 0.15) is 0 Å². The van der Waals surface area contributed by atoms with Crippen LogP contribution in [0.4, 0.5) is 0 Å². The van der Waals surface area contributed by atoms with Crippen molar-refractivity contribution in [2.24, 2.45) is 11.7 Å². The largest absolute Gasteiger partial charge is 0.368 e. The number of amides is 2. The molecule has 0 bridgehead atoms. The summed E-state index contributed by atoms with van der Waals surface area (Å²) >= 11 is 0. The highest BCUT2D eigenvalue weighted by molar-refractivity contribution is 7.69. The number of carbonyl (C=O) groups is 2. The van der Waals surface area contributed by atoms with Crippen molar-refractivity contribution in [2.75, 3.05) is 32.7 Å². The number of nitrogens with two attached hydrogens (primary N) is 1. The predicted molar refractivity (Wildman–Crippen MR) is 121 cm³/mol. The van der Waals surface area contributed by atoms with E-state index >= 15 is 0 Å². The molecule has 0 saturated carbocycles. The van der Waals surface area contributed by atoms with Gasteiger partial charge in [-0.05, 0) is 55.1 Å². The highest BCUT2D eigenvalue weighted by Gasteiger charge is 2.27. The van der Waals surface area contributed by atoms with Crippen LogP contribution in [0.2, 0.25) is 0 Å². The summed E-state index contributed by atoms with van der Waals surface area (Å²) in [6, 6.07) is 15.0. The molecule has 1 aliphatic rings. The first-order valence-corrected chi connectivity index (χ1v) is 11.6. The molecule has 3 N–H and O–H groups in total. The molecule has 168 valence electrons. The van der Waals surface area contributed by atoms with Crippen molar-refractivity contribution in [3.8, 4) is 0 Å². The first-order chi connectivity index (χ1) is 14.8. The van der Waals surface area contributed by atoms with Crippen LogP contribution in [0.3, 0.4) is 0 Å². The first kappa shape index (κ1) is 23.2. The van der Waals surface area contributed by atoms with Crippen LogP contribution in [-0.4, -0.2) is 62.2 Å². The lowest BCUT2D eigenvalue weighted by Crippen LogP contribution is -2.43. The van der Waals surface area contributed by atoms with E-state index in [4.69, 9.17) is 5.73 Å². The topological polar surface area (TPSA) is 113 Å². The quantitative estimate of drug-likeness (QED) is 0.498. The molecule has 2 aromatic carbocycles. The van der Waals surface area contributed by atoms with Gasteiger partial charge in [-0.2, -0.15) is 4.31 Å². The normalized spacial score (nSPS) is 16.6. The Balaban J connectivity index is 1.56. The van der Waals surface area contributed by atoms with Crippen molar-refractivity contribution < 1.29 is 18.0 Å². The van der Waals surface area contributed by atoms with Crippen molar-refractivity contribution >= 4 is 33.5 Å². The van der Waals surface area contributed by atoms with Crippen LogP contribution in [0.5, 0.6) is 0 Å². The second-order valence-electron chi connectivity index (χ2n) is 8.05. The SMILES string of the molecule is CC(c1cccc2ccccc12)N1CCC(CN(CC(=O)NCC(N)=O)[SH](=O)=O)CC1. The summed E-state index contributed by atoms with van der Waals surface area (Å²) in [4.78, 5) is 25.1. The summed E-state index contributed by atoms with van der Waals surface area (Å²) < 4.78 is 24.4. The average Bonchev–Trinajstić information content (AvgIpc) is 2.76. The van der Waals surface area contributed by atoms with Gasteiger partial charge in [0.15, 0.2) is 0 Å². The summed E-state index contributed by atoms with van der Waals surface area (Å²) in [6.07, 6.45) is 1.72. The third kappa shape index (κ3) is 6.25. The van der Waals surface area contributed by atoms with Gasteiger partial charge in [-0.25, -0.2) is 8.42 Å². The number of nitrogens with one attached hydrogen (secondary N) is 1. The molecule has 2 aromatic rings. The molecule has 1 fully saturated rings. The van der Waals surface area contributed by atoms with Crippen molar-refractivity contribution in [3.63, 3.8) is 0 Å². The Bertz CT molecular complexity index is 989. The van der Waals surface area contributed by atoms with Crippen molar-refractivity contribution in [3.05, 3.63) is 48.0 Å². The Kier molecular flexibility index (Phi) is 8.00. The zero-order valence-electron chi connectivity index (χ0n) is 17.7. The van der Waals surface area contributed by atoms with E-state index < -0.39 is 22.7 Å². The molecule has 9 heteroatoms. The highest BCUT2D eigenvalue weighted by Crippen LogP contribution is 2.31. The fraction of sp³-hybridized carbons (Fsp3) is 0.455. The second kappa shape index (κ2) is 10.7. The zero-order valence-corrected chi connectivity index (χ0v) is 18.6. The Labute approximate surface area is 184 Å². The summed E-state index contributed by atoms with van der Waals surface area (Å²) in [5.74, 6) is -1.01. The molecule has 1 unspecified atom stereocenters. The highest BCUT2D eigenvalue weighted by atomic mass is 32.2. The number of thiol groups is 1. The maximum Gasteiger partial charge on any atom is 0.236 e. The number of nitrogens with zero attached hydrogens (tertiary/aromatic N) is 2. The first-order valence-electron chi connectivity index (χ1n) is 10.5. The summed E-state index contributed by atoms with van der Waals surface area (Å²) in [7, 11) is -2.88. The molecule has 8 nitrogen and oxygen atoms in total. The van der Waals surface area contributed by atoms with Gasteiger partial charge in [-0.3, -0.25) is 14.5 Å². The average molecular weight is 447 g/mol. The molecule has 1 saturated heterocycles. The Morgan fingerprint density at radius 2 is 1.84 bits per heavy atom. The van der Waals surface area contributed by atoms with E-state index in [0.717, 1.165) is 30.2 Å². The fourth-order valence-electron chi connectivity index (χ4n) is 4.23. The maximum absolute atomic E-state index is 11.9. The molecule has 1 heterocycles. The smallest absolute Gasteiger partial charge is 0.236 e. The molecule has 2 amide bonds. The van der Waals surface area contributed by atoms with E-state index in [0.29, 0.717) is 6.54 Å². The molecule has 31 heavy (non-hydrogen) atoms. The molecule has 0 radical (unpaired) electrons. The zero-order chi connectivity index (χ0) is 22.4. The lowest BCUT2D eigenvalue weighted by Gasteiger charge is -2.37. The molecule has 3 rings (SSSR count). The minimum absolute atomic E-state index is 0.188. The van der Waals surface area contributed by atoms with Gasteiger partial charge in [0.25, 0.3) is 0 Å².